The number of ether oxygens (including phenoxy) is 3. The monoisotopic (exact) mass is 416 g/mol. The number of amides is 2. The zero-order valence-corrected chi connectivity index (χ0v) is 18.0. The number of nitrogens with zero attached hydrogens (tertiary/aromatic N) is 2. The standard InChI is InChI=1S/C23H32N2O5/c1-28-20-10-5-9-18(22(20)29-2)23(27)25-11-4-3-7-16-14-24(15-19(16)25)21(26)13-17-8-6-12-30-17/h5,9-10,16-17,19H,3-4,6-8,11-15H2,1-2H3/t16-,17-,19+/m1/s1. The van der Waals surface area contributed by atoms with Crippen LogP contribution in [-0.2, 0) is 9.53 Å². The van der Waals surface area contributed by atoms with Crippen molar-refractivity contribution in [2.24, 2.45) is 5.92 Å². The van der Waals surface area contributed by atoms with E-state index in [1.807, 2.05) is 15.9 Å². The molecular formula is C23H32N2O5. The summed E-state index contributed by atoms with van der Waals surface area (Å²) in [5.74, 6) is 1.45. The lowest BCUT2D eigenvalue weighted by Crippen LogP contribution is -2.45. The molecule has 3 aliphatic heterocycles. The summed E-state index contributed by atoms with van der Waals surface area (Å²) in [6, 6.07) is 5.45. The molecule has 3 fully saturated rings. The highest BCUT2D eigenvalue weighted by atomic mass is 16.5. The lowest BCUT2D eigenvalue weighted by molar-refractivity contribution is -0.132. The van der Waals surface area contributed by atoms with Gasteiger partial charge in [0.2, 0.25) is 5.91 Å². The topological polar surface area (TPSA) is 68.3 Å². The average Bonchev–Trinajstić information content (AvgIpc) is 3.39. The third-order valence-corrected chi connectivity index (χ3v) is 6.70. The molecule has 30 heavy (non-hydrogen) atoms. The van der Waals surface area contributed by atoms with E-state index < -0.39 is 0 Å². The van der Waals surface area contributed by atoms with Gasteiger partial charge in [-0.15, -0.1) is 0 Å². The van der Waals surface area contributed by atoms with Crippen molar-refractivity contribution in [3.05, 3.63) is 23.8 Å². The number of carbonyl (C=O) groups is 2. The molecular weight excluding hydrogens is 384 g/mol. The van der Waals surface area contributed by atoms with Crippen LogP contribution in [0.25, 0.3) is 0 Å². The molecule has 4 rings (SSSR count). The van der Waals surface area contributed by atoms with Crippen LogP contribution in [0.4, 0.5) is 0 Å². The number of carbonyl (C=O) groups excluding carboxylic acids is 2. The van der Waals surface area contributed by atoms with E-state index in [1.54, 1.807) is 26.4 Å². The maximum absolute atomic E-state index is 13.6. The molecule has 0 aromatic heterocycles. The lowest BCUT2D eigenvalue weighted by atomic mass is 9.98. The molecule has 0 saturated carbocycles. The first-order chi connectivity index (χ1) is 14.6. The molecule has 164 valence electrons. The molecule has 3 atom stereocenters. The van der Waals surface area contributed by atoms with Gasteiger partial charge in [0.1, 0.15) is 0 Å². The number of fused-ring (bicyclic) bond motifs is 1. The van der Waals surface area contributed by atoms with Gasteiger partial charge in [0.25, 0.3) is 5.91 Å². The Labute approximate surface area is 178 Å². The maximum Gasteiger partial charge on any atom is 0.258 e. The van der Waals surface area contributed by atoms with Crippen LogP contribution in [0.2, 0.25) is 0 Å². The summed E-state index contributed by atoms with van der Waals surface area (Å²) >= 11 is 0. The first kappa shape index (κ1) is 21.0. The predicted molar refractivity (Wildman–Crippen MR) is 112 cm³/mol. The van der Waals surface area contributed by atoms with Gasteiger partial charge in [-0.05, 0) is 43.7 Å². The van der Waals surface area contributed by atoms with Gasteiger partial charge in [0, 0.05) is 26.2 Å². The molecule has 0 aliphatic carbocycles. The molecule has 0 radical (unpaired) electrons. The Morgan fingerprint density at radius 2 is 1.97 bits per heavy atom. The number of likely N-dealkylation sites (tertiary alicyclic amines) is 2. The smallest absolute Gasteiger partial charge is 0.258 e. The molecule has 3 saturated heterocycles. The van der Waals surface area contributed by atoms with Crippen LogP contribution in [0.1, 0.15) is 48.9 Å². The SMILES string of the molecule is COc1cccc(C(=O)N2CCCC[C@@H]3CN(C(=O)C[C@H]4CCCO4)C[C@@H]32)c1OC. The Kier molecular flexibility index (Phi) is 6.46. The van der Waals surface area contributed by atoms with Crippen molar-refractivity contribution in [3.8, 4) is 11.5 Å². The fourth-order valence-corrected chi connectivity index (χ4v) is 5.14. The minimum atomic E-state index is -0.0453. The average molecular weight is 417 g/mol. The maximum atomic E-state index is 13.6. The molecule has 3 aliphatic rings. The Hall–Kier alpha value is -2.28. The summed E-state index contributed by atoms with van der Waals surface area (Å²) in [7, 11) is 3.13. The summed E-state index contributed by atoms with van der Waals surface area (Å²) in [5, 5.41) is 0. The molecule has 0 spiro atoms. The Morgan fingerprint density at radius 3 is 2.70 bits per heavy atom. The third-order valence-electron chi connectivity index (χ3n) is 6.70. The molecule has 1 aromatic rings. The van der Waals surface area contributed by atoms with Crippen molar-refractivity contribution in [2.75, 3.05) is 40.5 Å². The van der Waals surface area contributed by atoms with E-state index in [2.05, 4.69) is 0 Å². The normalized spacial score (nSPS) is 26.3. The molecule has 7 heteroatoms. The fraction of sp³-hybridized carbons (Fsp3) is 0.652. The number of rotatable bonds is 5. The molecule has 2 amide bonds. The van der Waals surface area contributed by atoms with Crippen molar-refractivity contribution in [1.29, 1.82) is 0 Å². The summed E-state index contributed by atoms with van der Waals surface area (Å²) in [6.07, 6.45) is 5.62. The van der Waals surface area contributed by atoms with E-state index in [4.69, 9.17) is 14.2 Å². The van der Waals surface area contributed by atoms with Gasteiger partial charge in [-0.3, -0.25) is 9.59 Å². The van der Waals surface area contributed by atoms with Crippen LogP contribution in [0.15, 0.2) is 18.2 Å². The Balaban J connectivity index is 1.52. The first-order valence-corrected chi connectivity index (χ1v) is 11.0. The van der Waals surface area contributed by atoms with Crippen LogP contribution in [0.3, 0.4) is 0 Å². The highest BCUT2D eigenvalue weighted by Gasteiger charge is 2.42. The van der Waals surface area contributed by atoms with Crippen molar-refractivity contribution in [1.82, 2.24) is 9.80 Å². The van der Waals surface area contributed by atoms with E-state index in [-0.39, 0.29) is 24.0 Å². The second-order valence-corrected chi connectivity index (χ2v) is 8.50. The number of benzene rings is 1. The minimum Gasteiger partial charge on any atom is -0.493 e. The van der Waals surface area contributed by atoms with Gasteiger partial charge in [-0.1, -0.05) is 12.5 Å². The highest BCUT2D eigenvalue weighted by molar-refractivity contribution is 5.98. The summed E-state index contributed by atoms with van der Waals surface area (Å²) < 4.78 is 16.5. The second-order valence-electron chi connectivity index (χ2n) is 8.50. The zero-order chi connectivity index (χ0) is 21.1. The Morgan fingerprint density at radius 1 is 1.10 bits per heavy atom. The van der Waals surface area contributed by atoms with Gasteiger partial charge in [-0.25, -0.2) is 0 Å². The van der Waals surface area contributed by atoms with Crippen LogP contribution in [0.5, 0.6) is 11.5 Å². The van der Waals surface area contributed by atoms with Crippen LogP contribution >= 0.6 is 0 Å². The van der Waals surface area contributed by atoms with Gasteiger partial charge in [-0.2, -0.15) is 0 Å². The summed E-state index contributed by atoms with van der Waals surface area (Å²) in [4.78, 5) is 30.3. The third kappa shape index (κ3) is 4.13. The molecule has 0 N–H and O–H groups in total. The van der Waals surface area contributed by atoms with E-state index in [1.165, 1.54) is 0 Å². The Bertz CT molecular complexity index is 777. The number of para-hydroxylation sites is 1. The van der Waals surface area contributed by atoms with E-state index in [0.717, 1.165) is 45.3 Å². The van der Waals surface area contributed by atoms with E-state index in [0.29, 0.717) is 42.5 Å². The van der Waals surface area contributed by atoms with Gasteiger partial charge < -0.3 is 24.0 Å². The van der Waals surface area contributed by atoms with Crippen molar-refractivity contribution >= 4 is 11.8 Å². The van der Waals surface area contributed by atoms with Crippen LogP contribution in [0, 0.1) is 5.92 Å². The van der Waals surface area contributed by atoms with Crippen molar-refractivity contribution in [3.63, 3.8) is 0 Å². The lowest BCUT2D eigenvalue weighted by Gasteiger charge is -2.31. The highest BCUT2D eigenvalue weighted by Crippen LogP contribution is 2.35. The minimum absolute atomic E-state index is 0.0453. The molecule has 0 unspecified atom stereocenters. The largest absolute Gasteiger partial charge is 0.493 e. The van der Waals surface area contributed by atoms with Crippen molar-refractivity contribution in [2.45, 2.75) is 50.7 Å². The molecule has 0 bridgehead atoms. The summed E-state index contributed by atoms with van der Waals surface area (Å²) in [6.45, 7) is 2.80. The van der Waals surface area contributed by atoms with Crippen LogP contribution in [-0.4, -0.2) is 74.2 Å². The van der Waals surface area contributed by atoms with Crippen molar-refractivity contribution < 1.29 is 23.8 Å². The van der Waals surface area contributed by atoms with E-state index in [9.17, 15) is 9.59 Å². The predicted octanol–water partition coefficient (Wildman–Crippen LogP) is 2.73. The number of hydrogen-bond donors (Lipinski definition) is 0. The quantitative estimate of drug-likeness (QED) is 0.738. The second kappa shape index (κ2) is 9.25. The van der Waals surface area contributed by atoms with Crippen LogP contribution < -0.4 is 9.47 Å². The number of methoxy groups -OCH3 is 2. The van der Waals surface area contributed by atoms with Gasteiger partial charge >= 0.3 is 0 Å². The summed E-state index contributed by atoms with van der Waals surface area (Å²) in [5.41, 5.74) is 0.515. The van der Waals surface area contributed by atoms with Gasteiger partial charge in [0.15, 0.2) is 11.5 Å². The molecule has 7 nitrogen and oxygen atoms in total. The first-order valence-electron chi connectivity index (χ1n) is 11.0. The fourth-order valence-electron chi connectivity index (χ4n) is 5.14. The van der Waals surface area contributed by atoms with E-state index >= 15 is 0 Å². The zero-order valence-electron chi connectivity index (χ0n) is 18.0. The van der Waals surface area contributed by atoms with Gasteiger partial charge in [0.05, 0.1) is 38.3 Å². The molecule has 1 aromatic carbocycles. The number of hydrogen-bond acceptors (Lipinski definition) is 5. The molecule has 3 heterocycles.